The summed E-state index contributed by atoms with van der Waals surface area (Å²) >= 11 is 3.41. The number of likely N-dealkylation sites (N-methyl/N-ethyl adjacent to an activating group) is 1. The van der Waals surface area contributed by atoms with Crippen LogP contribution >= 0.6 is 15.9 Å². The number of methoxy groups -OCH3 is 1. The molecule has 0 fully saturated rings. The van der Waals surface area contributed by atoms with Gasteiger partial charge in [-0.3, -0.25) is 4.79 Å². The van der Waals surface area contributed by atoms with Gasteiger partial charge < -0.3 is 20.3 Å². The number of carbonyl (C=O) groups is 1. The van der Waals surface area contributed by atoms with Gasteiger partial charge in [0.2, 0.25) is 5.91 Å². The molecule has 2 N–H and O–H groups in total. The summed E-state index contributed by atoms with van der Waals surface area (Å²) in [5.74, 6) is 0.624. The summed E-state index contributed by atoms with van der Waals surface area (Å²) in [5, 5.41) is 6.27. The number of carbonyl (C=O) groups excluding carboxylic acids is 1. The third kappa shape index (κ3) is 8.56. The normalized spacial score (nSPS) is 11.2. The van der Waals surface area contributed by atoms with Gasteiger partial charge in [0.25, 0.3) is 0 Å². The van der Waals surface area contributed by atoms with E-state index in [1.807, 2.05) is 24.3 Å². The Morgan fingerprint density at radius 1 is 1.26 bits per heavy atom. The minimum absolute atomic E-state index is 0.0000308. The van der Waals surface area contributed by atoms with Gasteiger partial charge in [-0.1, -0.05) is 28.1 Å². The van der Waals surface area contributed by atoms with E-state index < -0.39 is 0 Å². The molecule has 0 aliphatic rings. The van der Waals surface area contributed by atoms with Crippen LogP contribution in [-0.4, -0.2) is 57.7 Å². The van der Waals surface area contributed by atoms with Crippen LogP contribution in [0.25, 0.3) is 0 Å². The van der Waals surface area contributed by atoms with Crippen LogP contribution in [0.2, 0.25) is 0 Å². The van der Waals surface area contributed by atoms with Crippen molar-refractivity contribution in [2.24, 2.45) is 4.99 Å². The van der Waals surface area contributed by atoms with E-state index in [1.165, 1.54) is 0 Å². The first-order valence-electron chi connectivity index (χ1n) is 7.48. The predicted molar refractivity (Wildman–Crippen MR) is 96.5 cm³/mol. The van der Waals surface area contributed by atoms with Crippen molar-refractivity contribution in [1.29, 1.82) is 0 Å². The Hall–Kier alpha value is -1.60. The molecule has 1 aromatic carbocycles. The van der Waals surface area contributed by atoms with E-state index in [9.17, 15) is 4.79 Å². The highest BCUT2D eigenvalue weighted by Crippen LogP contribution is 2.10. The molecule has 0 saturated heterocycles. The second-order valence-corrected chi connectivity index (χ2v) is 6.12. The lowest BCUT2D eigenvalue weighted by Gasteiger charge is -2.15. The van der Waals surface area contributed by atoms with Crippen LogP contribution in [-0.2, 0) is 16.1 Å². The molecule has 0 heterocycles. The summed E-state index contributed by atoms with van der Waals surface area (Å²) < 4.78 is 6.07. The molecule has 1 amide bonds. The van der Waals surface area contributed by atoms with Crippen LogP contribution in [0.5, 0.6) is 0 Å². The van der Waals surface area contributed by atoms with Crippen LogP contribution in [0, 0.1) is 0 Å². The van der Waals surface area contributed by atoms with Gasteiger partial charge in [-0.15, -0.1) is 0 Å². The highest BCUT2D eigenvalue weighted by atomic mass is 79.9. The number of guanidine groups is 1. The Bertz CT molecular complexity index is 503. The Balaban J connectivity index is 2.58. The zero-order valence-electron chi connectivity index (χ0n) is 13.9. The molecule has 0 aromatic heterocycles. The van der Waals surface area contributed by atoms with Crippen molar-refractivity contribution in [3.05, 3.63) is 34.3 Å². The molecule has 0 aliphatic heterocycles. The Kier molecular flexibility index (Phi) is 9.31. The summed E-state index contributed by atoms with van der Waals surface area (Å²) in [6.45, 7) is 2.17. The molecule has 23 heavy (non-hydrogen) atoms. The van der Waals surface area contributed by atoms with Crippen LogP contribution < -0.4 is 10.6 Å². The van der Waals surface area contributed by atoms with Crippen molar-refractivity contribution in [2.45, 2.75) is 13.0 Å². The zero-order valence-corrected chi connectivity index (χ0v) is 15.5. The summed E-state index contributed by atoms with van der Waals surface area (Å²) in [6, 6.07) is 8.00. The van der Waals surface area contributed by atoms with Gasteiger partial charge in [-0.25, -0.2) is 4.99 Å². The van der Waals surface area contributed by atoms with E-state index in [0.717, 1.165) is 23.0 Å². The molecule has 0 unspecified atom stereocenters. The number of halogens is 1. The monoisotopic (exact) mass is 384 g/mol. The molecule has 0 spiro atoms. The maximum absolute atomic E-state index is 11.7. The number of hydrogen-bond donors (Lipinski definition) is 2. The standard InChI is InChI=1S/C16H25BrN4O2/c1-21(2)15(22)12-20-16(18-9-4-10-23-3)19-11-13-5-7-14(17)8-6-13/h5-8H,4,9-12H2,1-3H3,(H2,18,19,20). The molecule has 0 aliphatic carbocycles. The molecule has 0 radical (unpaired) electrons. The second-order valence-electron chi connectivity index (χ2n) is 5.21. The lowest BCUT2D eigenvalue weighted by molar-refractivity contribution is -0.127. The predicted octanol–water partition coefficient (Wildman–Crippen LogP) is 1.61. The fourth-order valence-electron chi connectivity index (χ4n) is 1.68. The number of rotatable bonds is 8. The minimum atomic E-state index is 0.0000308. The summed E-state index contributed by atoms with van der Waals surface area (Å²) in [4.78, 5) is 17.8. The molecule has 0 bridgehead atoms. The van der Waals surface area contributed by atoms with E-state index in [0.29, 0.717) is 19.1 Å². The number of hydrogen-bond acceptors (Lipinski definition) is 3. The van der Waals surface area contributed by atoms with Gasteiger partial charge in [0, 0.05) is 38.8 Å². The highest BCUT2D eigenvalue weighted by molar-refractivity contribution is 9.10. The fraction of sp³-hybridized carbons (Fsp3) is 0.500. The summed E-state index contributed by atoms with van der Waals surface area (Å²) in [5.41, 5.74) is 1.10. The van der Waals surface area contributed by atoms with Crippen molar-refractivity contribution in [3.63, 3.8) is 0 Å². The number of benzene rings is 1. The first-order valence-corrected chi connectivity index (χ1v) is 8.28. The average molecular weight is 385 g/mol. The zero-order chi connectivity index (χ0) is 17.1. The van der Waals surface area contributed by atoms with Crippen molar-refractivity contribution < 1.29 is 9.53 Å². The SMILES string of the molecule is COCCCNC(=NCc1ccc(Br)cc1)NCC(=O)N(C)C. The lowest BCUT2D eigenvalue weighted by atomic mass is 10.2. The van der Waals surface area contributed by atoms with Crippen LogP contribution in [0.15, 0.2) is 33.7 Å². The molecule has 0 atom stereocenters. The van der Waals surface area contributed by atoms with Crippen LogP contribution in [0.1, 0.15) is 12.0 Å². The topological polar surface area (TPSA) is 66.0 Å². The first kappa shape index (κ1) is 19.4. The van der Waals surface area contributed by atoms with Crippen LogP contribution in [0.3, 0.4) is 0 Å². The van der Waals surface area contributed by atoms with E-state index >= 15 is 0 Å². The van der Waals surface area contributed by atoms with Crippen molar-refractivity contribution >= 4 is 27.8 Å². The molecule has 6 nitrogen and oxygen atoms in total. The largest absolute Gasteiger partial charge is 0.385 e. The van der Waals surface area contributed by atoms with E-state index in [4.69, 9.17) is 4.74 Å². The Labute approximate surface area is 146 Å². The molecular weight excluding hydrogens is 360 g/mol. The first-order chi connectivity index (χ1) is 11.0. The Morgan fingerprint density at radius 3 is 2.57 bits per heavy atom. The van der Waals surface area contributed by atoms with Gasteiger partial charge in [0.05, 0.1) is 13.1 Å². The minimum Gasteiger partial charge on any atom is -0.385 e. The van der Waals surface area contributed by atoms with Gasteiger partial charge in [0.1, 0.15) is 0 Å². The average Bonchev–Trinajstić information content (AvgIpc) is 2.54. The summed E-state index contributed by atoms with van der Waals surface area (Å²) in [7, 11) is 5.14. The molecule has 1 rings (SSSR count). The number of nitrogens with one attached hydrogen (secondary N) is 2. The maximum atomic E-state index is 11.7. The second kappa shape index (κ2) is 11.0. The van der Waals surface area contributed by atoms with E-state index in [2.05, 4.69) is 31.6 Å². The third-order valence-corrected chi connectivity index (χ3v) is 3.59. The molecule has 128 valence electrons. The number of amides is 1. The summed E-state index contributed by atoms with van der Waals surface area (Å²) in [6.07, 6.45) is 0.872. The molecular formula is C16H25BrN4O2. The fourth-order valence-corrected chi connectivity index (χ4v) is 1.94. The molecule has 0 saturated carbocycles. The van der Waals surface area contributed by atoms with Gasteiger partial charge >= 0.3 is 0 Å². The van der Waals surface area contributed by atoms with E-state index in [-0.39, 0.29) is 12.5 Å². The molecule has 7 heteroatoms. The van der Waals surface area contributed by atoms with Gasteiger partial charge in [-0.05, 0) is 24.1 Å². The quantitative estimate of drug-likeness (QED) is 0.406. The van der Waals surface area contributed by atoms with Crippen molar-refractivity contribution in [3.8, 4) is 0 Å². The number of aliphatic imine (C=N–C) groups is 1. The van der Waals surface area contributed by atoms with Gasteiger partial charge in [0.15, 0.2) is 5.96 Å². The highest BCUT2D eigenvalue weighted by Gasteiger charge is 2.05. The third-order valence-electron chi connectivity index (χ3n) is 3.06. The Morgan fingerprint density at radius 2 is 1.96 bits per heavy atom. The van der Waals surface area contributed by atoms with Crippen LogP contribution in [0.4, 0.5) is 0 Å². The van der Waals surface area contributed by atoms with E-state index in [1.54, 1.807) is 26.1 Å². The number of ether oxygens (including phenoxy) is 1. The smallest absolute Gasteiger partial charge is 0.241 e. The van der Waals surface area contributed by atoms with Gasteiger partial charge in [-0.2, -0.15) is 0 Å². The number of nitrogens with zero attached hydrogens (tertiary/aromatic N) is 2. The maximum Gasteiger partial charge on any atom is 0.241 e. The van der Waals surface area contributed by atoms with Crippen molar-refractivity contribution in [2.75, 3.05) is 40.9 Å². The van der Waals surface area contributed by atoms with Crippen molar-refractivity contribution in [1.82, 2.24) is 15.5 Å². The molecule has 1 aromatic rings. The lowest BCUT2D eigenvalue weighted by Crippen LogP contribution is -2.43.